The molecular formula is C31H30N4O2. The molecule has 0 aliphatic carbocycles. The SMILES string of the molecule is CCCOc1ccc(-c2nn(-c3ccccc3)cc2C=C(C#N)C(=O)NC(C)c2ccccc2)c(C)c1. The molecule has 1 heterocycles. The lowest BCUT2D eigenvalue weighted by Crippen LogP contribution is -2.27. The summed E-state index contributed by atoms with van der Waals surface area (Å²) in [5.41, 5.74) is 5.10. The second kappa shape index (κ2) is 11.9. The van der Waals surface area contributed by atoms with Crippen molar-refractivity contribution in [3.8, 4) is 28.8 Å². The number of carbonyl (C=O) groups excluding carboxylic acids is 1. The van der Waals surface area contributed by atoms with Gasteiger partial charge in [0.25, 0.3) is 5.91 Å². The highest BCUT2D eigenvalue weighted by Gasteiger charge is 2.18. The number of nitriles is 1. The Morgan fingerprint density at radius 3 is 2.46 bits per heavy atom. The minimum atomic E-state index is -0.433. The van der Waals surface area contributed by atoms with Gasteiger partial charge in [-0.25, -0.2) is 4.68 Å². The van der Waals surface area contributed by atoms with Crippen LogP contribution in [0.3, 0.4) is 0 Å². The summed E-state index contributed by atoms with van der Waals surface area (Å²) in [6, 6.07) is 27.1. The zero-order valence-electron chi connectivity index (χ0n) is 21.3. The molecule has 0 aliphatic rings. The predicted molar refractivity (Wildman–Crippen MR) is 146 cm³/mol. The van der Waals surface area contributed by atoms with Crippen LogP contribution in [0.2, 0.25) is 0 Å². The van der Waals surface area contributed by atoms with E-state index in [0.717, 1.165) is 34.5 Å². The number of aryl methyl sites for hydroxylation is 1. The van der Waals surface area contributed by atoms with Crippen LogP contribution in [-0.4, -0.2) is 22.3 Å². The molecule has 0 spiro atoms. The average Bonchev–Trinajstić information content (AvgIpc) is 3.35. The summed E-state index contributed by atoms with van der Waals surface area (Å²) in [5.74, 6) is 0.368. The van der Waals surface area contributed by atoms with Crippen LogP contribution in [-0.2, 0) is 4.79 Å². The Balaban J connectivity index is 1.72. The van der Waals surface area contributed by atoms with Crippen LogP contribution in [0.25, 0.3) is 23.0 Å². The summed E-state index contributed by atoms with van der Waals surface area (Å²) >= 11 is 0. The van der Waals surface area contributed by atoms with Gasteiger partial charge in [-0.2, -0.15) is 10.4 Å². The van der Waals surface area contributed by atoms with E-state index >= 15 is 0 Å². The first-order valence-electron chi connectivity index (χ1n) is 12.4. The van der Waals surface area contributed by atoms with Crippen molar-refractivity contribution in [3.05, 3.63) is 107 Å². The van der Waals surface area contributed by atoms with E-state index in [2.05, 4.69) is 18.3 Å². The van der Waals surface area contributed by atoms with E-state index in [1.807, 2.05) is 98.9 Å². The van der Waals surface area contributed by atoms with E-state index in [1.165, 1.54) is 0 Å². The molecule has 1 amide bonds. The molecule has 186 valence electrons. The van der Waals surface area contributed by atoms with Crippen molar-refractivity contribution in [2.45, 2.75) is 33.2 Å². The Bertz CT molecular complexity index is 1430. The largest absolute Gasteiger partial charge is 0.494 e. The van der Waals surface area contributed by atoms with Gasteiger partial charge in [0, 0.05) is 17.3 Å². The molecule has 4 rings (SSSR count). The van der Waals surface area contributed by atoms with Crippen LogP contribution in [0, 0.1) is 18.3 Å². The fraction of sp³-hybridized carbons (Fsp3) is 0.194. The number of para-hydroxylation sites is 1. The van der Waals surface area contributed by atoms with Gasteiger partial charge in [0.05, 0.1) is 18.3 Å². The van der Waals surface area contributed by atoms with Crippen molar-refractivity contribution in [2.24, 2.45) is 0 Å². The summed E-state index contributed by atoms with van der Waals surface area (Å²) in [7, 11) is 0. The number of rotatable bonds is 9. The molecule has 1 aromatic heterocycles. The summed E-state index contributed by atoms with van der Waals surface area (Å²) < 4.78 is 7.55. The number of carbonyl (C=O) groups is 1. The molecule has 0 saturated heterocycles. The number of aromatic nitrogens is 2. The first-order valence-corrected chi connectivity index (χ1v) is 12.4. The molecular weight excluding hydrogens is 460 g/mol. The molecule has 0 saturated carbocycles. The first kappa shape index (κ1) is 25.5. The van der Waals surface area contributed by atoms with Gasteiger partial charge in [-0.05, 0) is 67.8 Å². The zero-order valence-corrected chi connectivity index (χ0v) is 21.3. The lowest BCUT2D eigenvalue weighted by molar-refractivity contribution is -0.117. The van der Waals surface area contributed by atoms with Crippen LogP contribution in [0.1, 0.15) is 43.0 Å². The standard InChI is InChI=1S/C31H30N4O2/c1-4-17-37-28-15-16-29(22(2)18-28)30-26(21-35(34-30)27-13-9-6-10-14-27)19-25(20-32)31(36)33-23(3)24-11-7-5-8-12-24/h5-16,18-19,21,23H,4,17H2,1-3H3,(H,33,36). The molecule has 0 fully saturated rings. The highest BCUT2D eigenvalue weighted by atomic mass is 16.5. The van der Waals surface area contributed by atoms with Gasteiger partial charge >= 0.3 is 0 Å². The lowest BCUT2D eigenvalue weighted by Gasteiger charge is -2.13. The normalized spacial score (nSPS) is 12.0. The number of hydrogen-bond donors (Lipinski definition) is 1. The van der Waals surface area contributed by atoms with Gasteiger partial charge in [-0.1, -0.05) is 55.5 Å². The fourth-order valence-electron chi connectivity index (χ4n) is 4.03. The highest BCUT2D eigenvalue weighted by Crippen LogP contribution is 2.31. The Kier molecular flexibility index (Phi) is 8.17. The van der Waals surface area contributed by atoms with Gasteiger partial charge in [-0.15, -0.1) is 0 Å². The number of benzene rings is 3. The van der Waals surface area contributed by atoms with Gasteiger partial charge in [0.1, 0.15) is 23.1 Å². The third kappa shape index (κ3) is 6.14. The van der Waals surface area contributed by atoms with Crippen molar-refractivity contribution in [1.29, 1.82) is 5.26 Å². The number of amides is 1. The lowest BCUT2D eigenvalue weighted by atomic mass is 10.0. The summed E-state index contributed by atoms with van der Waals surface area (Å²) in [6.45, 7) is 6.62. The Morgan fingerprint density at radius 1 is 1.11 bits per heavy atom. The monoisotopic (exact) mass is 490 g/mol. The van der Waals surface area contributed by atoms with Crippen molar-refractivity contribution in [1.82, 2.24) is 15.1 Å². The summed E-state index contributed by atoms with van der Waals surface area (Å²) in [5, 5.41) is 17.7. The Morgan fingerprint density at radius 2 is 1.81 bits per heavy atom. The summed E-state index contributed by atoms with van der Waals surface area (Å²) in [6.07, 6.45) is 4.38. The maximum Gasteiger partial charge on any atom is 0.262 e. The Hall–Kier alpha value is -4.63. The van der Waals surface area contributed by atoms with E-state index in [0.29, 0.717) is 17.9 Å². The van der Waals surface area contributed by atoms with E-state index < -0.39 is 5.91 Å². The molecule has 0 radical (unpaired) electrons. The topological polar surface area (TPSA) is 79.9 Å². The maximum atomic E-state index is 13.1. The van der Waals surface area contributed by atoms with Crippen LogP contribution < -0.4 is 10.1 Å². The Labute approximate surface area is 217 Å². The van der Waals surface area contributed by atoms with E-state index in [9.17, 15) is 10.1 Å². The minimum Gasteiger partial charge on any atom is -0.494 e. The van der Waals surface area contributed by atoms with E-state index in [1.54, 1.807) is 10.8 Å². The summed E-state index contributed by atoms with van der Waals surface area (Å²) in [4.78, 5) is 13.1. The molecule has 1 N–H and O–H groups in total. The molecule has 37 heavy (non-hydrogen) atoms. The molecule has 6 heteroatoms. The fourth-order valence-corrected chi connectivity index (χ4v) is 4.03. The van der Waals surface area contributed by atoms with E-state index in [-0.39, 0.29) is 11.6 Å². The zero-order chi connectivity index (χ0) is 26.2. The smallest absolute Gasteiger partial charge is 0.262 e. The van der Waals surface area contributed by atoms with Crippen molar-refractivity contribution in [2.75, 3.05) is 6.61 Å². The number of ether oxygens (including phenoxy) is 1. The van der Waals surface area contributed by atoms with Gasteiger partial charge < -0.3 is 10.1 Å². The third-order valence-corrected chi connectivity index (χ3v) is 6.00. The van der Waals surface area contributed by atoms with E-state index in [4.69, 9.17) is 9.84 Å². The van der Waals surface area contributed by atoms with Gasteiger partial charge in [0.15, 0.2) is 0 Å². The second-order valence-electron chi connectivity index (χ2n) is 8.81. The molecule has 1 unspecified atom stereocenters. The molecule has 6 nitrogen and oxygen atoms in total. The number of nitrogens with zero attached hydrogens (tertiary/aromatic N) is 3. The number of hydrogen-bond acceptors (Lipinski definition) is 4. The maximum absolute atomic E-state index is 13.1. The van der Waals surface area contributed by atoms with Crippen molar-refractivity contribution >= 4 is 12.0 Å². The van der Waals surface area contributed by atoms with Crippen molar-refractivity contribution < 1.29 is 9.53 Å². The van der Waals surface area contributed by atoms with Gasteiger partial charge in [-0.3, -0.25) is 4.79 Å². The molecule has 0 bridgehead atoms. The third-order valence-electron chi connectivity index (χ3n) is 6.00. The predicted octanol–water partition coefficient (Wildman–Crippen LogP) is 6.42. The average molecular weight is 491 g/mol. The number of nitrogens with one attached hydrogen (secondary N) is 1. The van der Waals surface area contributed by atoms with Crippen LogP contribution in [0.4, 0.5) is 0 Å². The quantitative estimate of drug-likeness (QED) is 0.217. The molecule has 4 aromatic rings. The van der Waals surface area contributed by atoms with Crippen molar-refractivity contribution in [3.63, 3.8) is 0 Å². The minimum absolute atomic E-state index is 0.0113. The van der Waals surface area contributed by atoms with Crippen LogP contribution in [0.5, 0.6) is 5.75 Å². The second-order valence-corrected chi connectivity index (χ2v) is 8.81. The molecule has 0 aliphatic heterocycles. The first-order chi connectivity index (χ1) is 18.0. The molecule has 1 atom stereocenters. The van der Waals surface area contributed by atoms with Gasteiger partial charge in [0.2, 0.25) is 0 Å². The highest BCUT2D eigenvalue weighted by molar-refractivity contribution is 6.02. The molecule has 3 aromatic carbocycles. The van der Waals surface area contributed by atoms with Crippen LogP contribution >= 0.6 is 0 Å². The van der Waals surface area contributed by atoms with Crippen LogP contribution in [0.15, 0.2) is 90.6 Å².